The molecule has 0 saturated carbocycles. The van der Waals surface area contributed by atoms with Crippen molar-refractivity contribution in [3.63, 3.8) is 0 Å². The molecule has 180 valence electrons. The topological polar surface area (TPSA) is 71.3 Å². The van der Waals surface area contributed by atoms with Crippen LogP contribution in [0.3, 0.4) is 0 Å². The molecule has 1 fully saturated rings. The van der Waals surface area contributed by atoms with Gasteiger partial charge in [-0.15, -0.1) is 0 Å². The fraction of sp³-hybridized carbons (Fsp3) is 0.400. The SMILES string of the molecule is O=C(NCCCSCc1ccccc1F)C1CCCN(Cc2nc(-c3ccc(Cl)cc3)no2)C1. The number of carbonyl (C=O) groups excluding carboxylic acids is 1. The number of hydrogen-bond acceptors (Lipinski definition) is 6. The van der Waals surface area contributed by atoms with E-state index in [0.29, 0.717) is 42.1 Å². The largest absolute Gasteiger partial charge is 0.356 e. The zero-order chi connectivity index (χ0) is 23.8. The summed E-state index contributed by atoms with van der Waals surface area (Å²) in [6, 6.07) is 14.2. The number of carbonyl (C=O) groups is 1. The number of hydrogen-bond donors (Lipinski definition) is 1. The highest BCUT2D eigenvalue weighted by atomic mass is 35.5. The highest BCUT2D eigenvalue weighted by molar-refractivity contribution is 7.98. The minimum Gasteiger partial charge on any atom is -0.356 e. The van der Waals surface area contributed by atoms with Gasteiger partial charge in [0.1, 0.15) is 5.82 Å². The third-order valence-electron chi connectivity index (χ3n) is 5.79. The standard InChI is InChI=1S/C25H28ClFN4O2S/c26-21-10-8-18(9-11-21)24-29-23(33-30-24)16-31-13-3-6-19(15-31)25(32)28-12-4-14-34-17-20-5-1-2-7-22(20)27/h1-2,5,7-11,19H,3-4,6,12-17H2,(H,28,32). The summed E-state index contributed by atoms with van der Waals surface area (Å²) >= 11 is 7.62. The van der Waals surface area contributed by atoms with E-state index < -0.39 is 0 Å². The molecule has 0 aliphatic carbocycles. The lowest BCUT2D eigenvalue weighted by Gasteiger charge is -2.30. The molecule has 0 spiro atoms. The second kappa shape index (κ2) is 12.3. The second-order valence-electron chi connectivity index (χ2n) is 8.38. The van der Waals surface area contributed by atoms with Crippen molar-refractivity contribution in [1.82, 2.24) is 20.4 Å². The second-order valence-corrected chi connectivity index (χ2v) is 9.92. The lowest BCUT2D eigenvalue weighted by molar-refractivity contribution is -0.126. The lowest BCUT2D eigenvalue weighted by Crippen LogP contribution is -2.43. The molecule has 1 N–H and O–H groups in total. The molecular formula is C25H28ClFN4O2S. The molecule has 1 aromatic heterocycles. The molecule has 0 bridgehead atoms. The summed E-state index contributed by atoms with van der Waals surface area (Å²) in [5, 5.41) is 7.79. The molecule has 2 heterocycles. The van der Waals surface area contributed by atoms with Crippen LogP contribution in [-0.4, -0.2) is 46.3 Å². The van der Waals surface area contributed by atoms with E-state index in [1.165, 1.54) is 6.07 Å². The zero-order valence-corrected chi connectivity index (χ0v) is 20.5. The minimum absolute atomic E-state index is 0.0431. The van der Waals surface area contributed by atoms with E-state index >= 15 is 0 Å². The van der Waals surface area contributed by atoms with Crippen molar-refractivity contribution in [2.24, 2.45) is 5.92 Å². The van der Waals surface area contributed by atoms with Gasteiger partial charge in [-0.3, -0.25) is 9.69 Å². The summed E-state index contributed by atoms with van der Waals surface area (Å²) in [6.07, 6.45) is 2.69. The van der Waals surface area contributed by atoms with E-state index in [0.717, 1.165) is 42.7 Å². The van der Waals surface area contributed by atoms with E-state index in [-0.39, 0.29) is 17.6 Å². The molecule has 1 aliphatic heterocycles. The van der Waals surface area contributed by atoms with Crippen molar-refractivity contribution in [3.8, 4) is 11.4 Å². The number of piperidine rings is 1. The van der Waals surface area contributed by atoms with Gasteiger partial charge in [0.2, 0.25) is 17.6 Å². The Morgan fingerprint density at radius 1 is 1.24 bits per heavy atom. The minimum atomic E-state index is -0.160. The first-order valence-corrected chi connectivity index (χ1v) is 13.0. The third-order valence-corrected chi connectivity index (χ3v) is 7.13. The van der Waals surface area contributed by atoms with Crippen LogP contribution in [0.1, 0.15) is 30.7 Å². The van der Waals surface area contributed by atoms with Crippen molar-refractivity contribution in [1.29, 1.82) is 0 Å². The van der Waals surface area contributed by atoms with Gasteiger partial charge < -0.3 is 9.84 Å². The Kier molecular flexibility index (Phi) is 8.96. The monoisotopic (exact) mass is 502 g/mol. The molecule has 6 nitrogen and oxygen atoms in total. The Balaban J connectivity index is 1.17. The zero-order valence-electron chi connectivity index (χ0n) is 18.9. The van der Waals surface area contributed by atoms with Gasteiger partial charge in [-0.25, -0.2) is 4.39 Å². The smallest absolute Gasteiger partial charge is 0.241 e. The van der Waals surface area contributed by atoms with Crippen LogP contribution in [0.15, 0.2) is 53.1 Å². The van der Waals surface area contributed by atoms with Crippen LogP contribution in [-0.2, 0) is 17.1 Å². The van der Waals surface area contributed by atoms with Gasteiger partial charge in [0.05, 0.1) is 12.5 Å². The van der Waals surface area contributed by atoms with Crippen molar-refractivity contribution in [2.75, 3.05) is 25.4 Å². The third kappa shape index (κ3) is 7.04. The van der Waals surface area contributed by atoms with Crippen molar-refractivity contribution in [3.05, 3.63) is 70.8 Å². The maximum atomic E-state index is 13.6. The van der Waals surface area contributed by atoms with E-state index in [4.69, 9.17) is 16.1 Å². The Morgan fingerprint density at radius 2 is 2.06 bits per heavy atom. The molecule has 3 aromatic rings. The molecule has 4 rings (SSSR count). The summed E-state index contributed by atoms with van der Waals surface area (Å²) in [4.78, 5) is 19.3. The van der Waals surface area contributed by atoms with Crippen LogP contribution in [0.25, 0.3) is 11.4 Å². The number of likely N-dealkylation sites (tertiary alicyclic amines) is 1. The van der Waals surface area contributed by atoms with E-state index in [1.54, 1.807) is 30.0 Å². The normalized spacial score (nSPS) is 16.5. The van der Waals surface area contributed by atoms with E-state index in [9.17, 15) is 9.18 Å². The number of benzene rings is 2. The summed E-state index contributed by atoms with van der Waals surface area (Å²) < 4.78 is 19.1. The van der Waals surface area contributed by atoms with Gasteiger partial charge in [0.25, 0.3) is 0 Å². The molecule has 0 radical (unpaired) electrons. The molecule has 1 aliphatic rings. The summed E-state index contributed by atoms with van der Waals surface area (Å²) in [6.45, 7) is 2.73. The van der Waals surface area contributed by atoms with Gasteiger partial charge in [-0.2, -0.15) is 16.7 Å². The lowest BCUT2D eigenvalue weighted by atomic mass is 9.97. The summed E-state index contributed by atoms with van der Waals surface area (Å²) in [7, 11) is 0. The van der Waals surface area contributed by atoms with Crippen molar-refractivity contribution < 1.29 is 13.7 Å². The fourth-order valence-corrected chi connectivity index (χ4v) is 5.04. The molecule has 34 heavy (non-hydrogen) atoms. The number of thioether (sulfide) groups is 1. The van der Waals surface area contributed by atoms with Crippen LogP contribution in [0.2, 0.25) is 5.02 Å². The van der Waals surface area contributed by atoms with E-state index in [1.807, 2.05) is 24.3 Å². The number of halogens is 2. The van der Waals surface area contributed by atoms with Crippen molar-refractivity contribution >= 4 is 29.3 Å². The van der Waals surface area contributed by atoms with Crippen LogP contribution in [0.5, 0.6) is 0 Å². The summed E-state index contributed by atoms with van der Waals surface area (Å²) in [5.41, 5.74) is 1.57. The Labute approximate surface area is 208 Å². The average Bonchev–Trinajstić information content (AvgIpc) is 3.31. The van der Waals surface area contributed by atoms with Crippen LogP contribution in [0, 0.1) is 11.7 Å². The predicted molar refractivity (Wildman–Crippen MR) is 133 cm³/mol. The van der Waals surface area contributed by atoms with Gasteiger partial charge >= 0.3 is 0 Å². The first-order valence-electron chi connectivity index (χ1n) is 11.5. The highest BCUT2D eigenvalue weighted by Crippen LogP contribution is 2.22. The molecule has 2 aromatic carbocycles. The number of amides is 1. The van der Waals surface area contributed by atoms with Crippen molar-refractivity contribution in [2.45, 2.75) is 31.6 Å². The predicted octanol–water partition coefficient (Wildman–Crippen LogP) is 5.18. The Morgan fingerprint density at radius 3 is 2.88 bits per heavy atom. The molecule has 1 saturated heterocycles. The van der Waals surface area contributed by atoms with Crippen LogP contribution >= 0.6 is 23.4 Å². The van der Waals surface area contributed by atoms with Gasteiger partial charge in [-0.1, -0.05) is 35.0 Å². The number of nitrogens with one attached hydrogen (secondary N) is 1. The number of nitrogens with zero attached hydrogens (tertiary/aromatic N) is 3. The molecule has 1 unspecified atom stereocenters. The Hall–Kier alpha value is -2.42. The maximum absolute atomic E-state index is 13.6. The first kappa shape index (κ1) is 24.7. The Bertz CT molecular complexity index is 1080. The first-order chi connectivity index (χ1) is 16.6. The summed E-state index contributed by atoms with van der Waals surface area (Å²) in [5.74, 6) is 2.48. The number of rotatable bonds is 10. The molecule has 9 heteroatoms. The molecule has 1 atom stereocenters. The quantitative estimate of drug-likeness (QED) is 0.385. The van der Waals surface area contributed by atoms with Gasteiger partial charge in [0, 0.05) is 29.4 Å². The van der Waals surface area contributed by atoms with Crippen LogP contribution < -0.4 is 5.32 Å². The fourth-order valence-electron chi connectivity index (χ4n) is 3.97. The van der Waals surface area contributed by atoms with Gasteiger partial charge in [-0.05, 0) is 67.5 Å². The molecular weight excluding hydrogens is 475 g/mol. The van der Waals surface area contributed by atoms with E-state index in [2.05, 4.69) is 20.4 Å². The average molecular weight is 503 g/mol. The number of aromatic nitrogens is 2. The van der Waals surface area contributed by atoms with Crippen LogP contribution in [0.4, 0.5) is 4.39 Å². The maximum Gasteiger partial charge on any atom is 0.241 e. The highest BCUT2D eigenvalue weighted by Gasteiger charge is 2.26. The van der Waals surface area contributed by atoms with Gasteiger partial charge in [0.15, 0.2) is 0 Å². The molecule has 1 amide bonds.